The number of rotatable bonds is 6. The van der Waals surface area contributed by atoms with Crippen LogP contribution in [0.2, 0.25) is 5.02 Å². The molecule has 2 aromatic rings. The summed E-state index contributed by atoms with van der Waals surface area (Å²) in [5, 5.41) is 2.74. The quantitative estimate of drug-likeness (QED) is 0.714. The largest absolute Gasteiger partial charge is 0.375 e. The number of hydrogen-bond acceptors (Lipinski definition) is 4. The molecule has 2 amide bonds. The number of amides is 2. The maximum Gasteiger partial charge on any atom is 0.249 e. The number of carbonyl (C=O) groups is 2. The smallest absolute Gasteiger partial charge is 0.249 e. The molecular weight excluding hydrogens is 396 g/mol. The Morgan fingerprint density at radius 1 is 1.29 bits per heavy atom. The molecule has 0 spiro atoms. The molecule has 0 N–H and O–H groups in total. The van der Waals surface area contributed by atoms with Crippen molar-refractivity contribution in [3.8, 4) is 0 Å². The highest BCUT2D eigenvalue weighted by Crippen LogP contribution is 2.38. The maximum absolute atomic E-state index is 13.3. The van der Waals surface area contributed by atoms with Crippen molar-refractivity contribution < 1.29 is 14.3 Å². The highest BCUT2D eigenvalue weighted by Gasteiger charge is 2.34. The monoisotopic (exact) mass is 420 g/mol. The van der Waals surface area contributed by atoms with Crippen LogP contribution in [0.3, 0.4) is 0 Å². The average molecular weight is 421 g/mol. The fraction of sp³-hybridized carbons (Fsp3) is 0.429. The summed E-state index contributed by atoms with van der Waals surface area (Å²) in [6, 6.07) is 9.49. The molecule has 0 fully saturated rings. The van der Waals surface area contributed by atoms with E-state index in [-0.39, 0.29) is 37.0 Å². The fourth-order valence-corrected chi connectivity index (χ4v) is 4.62. The minimum Gasteiger partial charge on any atom is -0.375 e. The van der Waals surface area contributed by atoms with Gasteiger partial charge in [-0.05, 0) is 55.0 Å². The number of halogens is 1. The van der Waals surface area contributed by atoms with Gasteiger partial charge in [0, 0.05) is 29.6 Å². The van der Waals surface area contributed by atoms with Gasteiger partial charge in [0.1, 0.15) is 13.2 Å². The molecule has 28 heavy (non-hydrogen) atoms. The third kappa shape index (κ3) is 4.40. The first-order valence-electron chi connectivity index (χ1n) is 9.32. The molecule has 0 saturated heterocycles. The number of fused-ring (bicyclic) bond motifs is 1. The average Bonchev–Trinajstić information content (AvgIpc) is 3.14. The third-order valence-corrected chi connectivity index (χ3v) is 6.24. The molecule has 2 heterocycles. The van der Waals surface area contributed by atoms with E-state index < -0.39 is 0 Å². The predicted octanol–water partition coefficient (Wildman–Crippen LogP) is 3.76. The van der Waals surface area contributed by atoms with Crippen molar-refractivity contribution in [1.29, 1.82) is 0 Å². The number of benzene rings is 1. The van der Waals surface area contributed by atoms with Crippen molar-refractivity contribution in [2.75, 3.05) is 26.8 Å². The summed E-state index contributed by atoms with van der Waals surface area (Å²) in [5.74, 6) is -0.239. The molecule has 0 bridgehead atoms. The standard InChI is InChI=1S/C21H25ClN2O3S/c1-14(2)24(20(26)13-27-3)12-19(25)23-10-8-18-17(9-11-28-18)21(23)15-4-6-16(22)7-5-15/h4-7,9,11,14,21H,8,10,12-13H2,1-3H3/t21-/m1/s1. The van der Waals surface area contributed by atoms with Gasteiger partial charge in [-0.15, -0.1) is 11.3 Å². The molecule has 150 valence electrons. The number of methoxy groups -OCH3 is 1. The zero-order valence-electron chi connectivity index (χ0n) is 16.4. The number of nitrogens with zero attached hydrogens (tertiary/aromatic N) is 2. The van der Waals surface area contributed by atoms with Crippen LogP contribution >= 0.6 is 22.9 Å². The van der Waals surface area contributed by atoms with Gasteiger partial charge in [0.15, 0.2) is 0 Å². The molecule has 1 atom stereocenters. The summed E-state index contributed by atoms with van der Waals surface area (Å²) >= 11 is 7.79. The van der Waals surface area contributed by atoms with Crippen molar-refractivity contribution in [3.63, 3.8) is 0 Å². The topological polar surface area (TPSA) is 49.9 Å². The fourth-order valence-electron chi connectivity index (χ4n) is 3.59. The second kappa shape index (κ2) is 9.07. The van der Waals surface area contributed by atoms with Crippen molar-refractivity contribution in [2.24, 2.45) is 0 Å². The zero-order chi connectivity index (χ0) is 20.3. The number of thiophene rings is 1. The lowest BCUT2D eigenvalue weighted by molar-refractivity contribution is -0.145. The van der Waals surface area contributed by atoms with Gasteiger partial charge in [-0.25, -0.2) is 0 Å². The van der Waals surface area contributed by atoms with Crippen LogP contribution < -0.4 is 0 Å². The second-order valence-corrected chi connectivity index (χ2v) is 8.58. The number of carbonyl (C=O) groups excluding carboxylic acids is 2. The Hall–Kier alpha value is -1.89. The lowest BCUT2D eigenvalue weighted by atomic mass is 9.93. The summed E-state index contributed by atoms with van der Waals surface area (Å²) in [5.41, 5.74) is 2.18. The van der Waals surface area contributed by atoms with Crippen molar-refractivity contribution in [1.82, 2.24) is 9.80 Å². The zero-order valence-corrected chi connectivity index (χ0v) is 17.9. The lowest BCUT2D eigenvalue weighted by Gasteiger charge is -2.38. The molecule has 0 radical (unpaired) electrons. The predicted molar refractivity (Wildman–Crippen MR) is 112 cm³/mol. The molecule has 3 rings (SSSR count). The van der Waals surface area contributed by atoms with Gasteiger partial charge in [0.25, 0.3) is 0 Å². The van der Waals surface area contributed by atoms with Crippen molar-refractivity contribution in [2.45, 2.75) is 32.4 Å². The number of hydrogen-bond donors (Lipinski definition) is 0. The lowest BCUT2D eigenvalue weighted by Crippen LogP contribution is -2.49. The third-order valence-electron chi connectivity index (χ3n) is 4.99. The Labute approximate surface area is 174 Å². The van der Waals surface area contributed by atoms with Crippen LogP contribution in [0.1, 0.15) is 35.9 Å². The highest BCUT2D eigenvalue weighted by molar-refractivity contribution is 7.10. The molecule has 1 aromatic carbocycles. The normalized spacial score (nSPS) is 16.2. The van der Waals surface area contributed by atoms with E-state index in [4.69, 9.17) is 16.3 Å². The van der Waals surface area contributed by atoms with Gasteiger partial charge in [-0.1, -0.05) is 23.7 Å². The van der Waals surface area contributed by atoms with Crippen LogP contribution in [0.25, 0.3) is 0 Å². The van der Waals surface area contributed by atoms with E-state index in [1.807, 2.05) is 43.0 Å². The van der Waals surface area contributed by atoms with E-state index in [1.165, 1.54) is 12.0 Å². The Kier molecular flexibility index (Phi) is 6.75. The molecule has 0 saturated carbocycles. The van der Waals surface area contributed by atoms with E-state index in [9.17, 15) is 9.59 Å². The van der Waals surface area contributed by atoms with E-state index in [1.54, 1.807) is 16.2 Å². The first-order valence-corrected chi connectivity index (χ1v) is 10.6. The Morgan fingerprint density at radius 2 is 2.00 bits per heavy atom. The van der Waals surface area contributed by atoms with Gasteiger partial charge >= 0.3 is 0 Å². The summed E-state index contributed by atoms with van der Waals surface area (Å²) in [6.07, 6.45) is 0.830. The molecule has 0 aliphatic carbocycles. The summed E-state index contributed by atoms with van der Waals surface area (Å²) in [4.78, 5) is 30.4. The minimum absolute atomic E-state index is 0.0270. The van der Waals surface area contributed by atoms with Gasteiger partial charge in [0.05, 0.1) is 6.04 Å². The van der Waals surface area contributed by atoms with E-state index in [2.05, 4.69) is 11.4 Å². The first kappa shape index (κ1) is 20.8. The van der Waals surface area contributed by atoms with Crippen LogP contribution in [-0.2, 0) is 20.7 Å². The SMILES string of the molecule is COCC(=O)N(CC(=O)N1CCc2sccc2[C@H]1c1ccc(Cl)cc1)C(C)C. The molecular formula is C21H25ClN2O3S. The molecule has 1 aliphatic heterocycles. The van der Waals surface area contributed by atoms with Gasteiger partial charge in [-0.2, -0.15) is 0 Å². The second-order valence-electron chi connectivity index (χ2n) is 7.14. The van der Waals surface area contributed by atoms with Crippen LogP contribution in [0.5, 0.6) is 0 Å². The molecule has 1 aliphatic rings. The minimum atomic E-state index is -0.179. The summed E-state index contributed by atoms with van der Waals surface area (Å²) in [7, 11) is 1.48. The molecule has 5 nitrogen and oxygen atoms in total. The highest BCUT2D eigenvalue weighted by atomic mass is 35.5. The Bertz CT molecular complexity index is 834. The van der Waals surface area contributed by atoms with E-state index >= 15 is 0 Å². The van der Waals surface area contributed by atoms with E-state index in [0.29, 0.717) is 11.6 Å². The molecule has 7 heteroatoms. The van der Waals surface area contributed by atoms with Crippen molar-refractivity contribution >= 4 is 34.8 Å². The Morgan fingerprint density at radius 3 is 2.64 bits per heavy atom. The summed E-state index contributed by atoms with van der Waals surface area (Å²) < 4.78 is 4.97. The van der Waals surface area contributed by atoms with Crippen LogP contribution in [0.4, 0.5) is 0 Å². The van der Waals surface area contributed by atoms with Crippen molar-refractivity contribution in [3.05, 3.63) is 56.7 Å². The molecule has 0 unspecified atom stereocenters. The summed E-state index contributed by atoms with van der Waals surface area (Å²) in [6.45, 7) is 4.46. The number of ether oxygens (including phenoxy) is 1. The molecule has 1 aromatic heterocycles. The van der Waals surface area contributed by atoms with Gasteiger partial charge in [-0.3, -0.25) is 9.59 Å². The first-order chi connectivity index (χ1) is 13.4. The van der Waals surface area contributed by atoms with Crippen LogP contribution in [0.15, 0.2) is 35.7 Å². The Balaban J connectivity index is 1.89. The van der Waals surface area contributed by atoms with E-state index in [0.717, 1.165) is 17.5 Å². The van der Waals surface area contributed by atoms with Gasteiger partial charge < -0.3 is 14.5 Å². The van der Waals surface area contributed by atoms with Gasteiger partial charge in [0.2, 0.25) is 11.8 Å². The van der Waals surface area contributed by atoms with Crippen LogP contribution in [-0.4, -0.2) is 54.5 Å². The van der Waals surface area contributed by atoms with Crippen LogP contribution in [0, 0.1) is 0 Å². The maximum atomic E-state index is 13.3.